The summed E-state index contributed by atoms with van der Waals surface area (Å²) in [5.41, 5.74) is 6.38. The maximum absolute atomic E-state index is 12.4. The summed E-state index contributed by atoms with van der Waals surface area (Å²) < 4.78 is 19.4. The number of ether oxygens (including phenoxy) is 3. The number of rotatable bonds is 5. The molecule has 3 aliphatic rings. The molecule has 9 nitrogen and oxygen atoms in total. The first kappa shape index (κ1) is 27.6. The van der Waals surface area contributed by atoms with Gasteiger partial charge >= 0.3 is 6.09 Å². The van der Waals surface area contributed by atoms with Crippen LogP contribution in [-0.2, 0) is 22.5 Å². The van der Waals surface area contributed by atoms with Gasteiger partial charge in [-0.2, -0.15) is 0 Å². The van der Waals surface area contributed by atoms with Gasteiger partial charge in [-0.15, -0.1) is 0 Å². The van der Waals surface area contributed by atoms with E-state index < -0.39 is 5.60 Å². The number of aryl methyl sites for hydroxylation is 1. The molecular formula is C32H41N5O4. The van der Waals surface area contributed by atoms with Crippen molar-refractivity contribution in [2.24, 2.45) is 0 Å². The normalized spacial score (nSPS) is 17.6. The van der Waals surface area contributed by atoms with Gasteiger partial charge in [-0.3, -0.25) is 9.47 Å². The predicted molar refractivity (Wildman–Crippen MR) is 159 cm³/mol. The van der Waals surface area contributed by atoms with E-state index in [2.05, 4.69) is 63.9 Å². The monoisotopic (exact) mass is 559 g/mol. The number of anilines is 1. The first-order valence-corrected chi connectivity index (χ1v) is 14.7. The molecule has 4 heterocycles. The number of piperazine rings is 1. The van der Waals surface area contributed by atoms with Crippen molar-refractivity contribution in [1.29, 1.82) is 0 Å². The molecule has 9 heteroatoms. The number of morpholine rings is 1. The third-order valence-electron chi connectivity index (χ3n) is 8.01. The zero-order valence-electron chi connectivity index (χ0n) is 24.7. The standard InChI is InChI=1S/C32H41N5O4/c1-23-19-26(35-11-13-36(14-12-35)31(38)41-32(2,3)4)6-7-27(23)24-5-8-28-29(20-24)40-22-30-33-25(21-37(28)30)9-10-34-15-17-39-18-16-34/h5-8,19-21H,9-18,22H2,1-4H3. The second kappa shape index (κ2) is 11.4. The van der Waals surface area contributed by atoms with E-state index in [4.69, 9.17) is 19.2 Å². The maximum atomic E-state index is 12.4. The number of fused-ring (bicyclic) bond motifs is 3. The van der Waals surface area contributed by atoms with Gasteiger partial charge in [0.25, 0.3) is 0 Å². The van der Waals surface area contributed by atoms with E-state index in [1.807, 2.05) is 20.8 Å². The summed E-state index contributed by atoms with van der Waals surface area (Å²) in [5.74, 6) is 1.84. The molecule has 0 unspecified atom stereocenters. The Balaban J connectivity index is 1.12. The van der Waals surface area contributed by atoms with Gasteiger partial charge in [-0.05, 0) is 68.7 Å². The zero-order chi connectivity index (χ0) is 28.6. The van der Waals surface area contributed by atoms with E-state index in [0.717, 1.165) is 80.9 Å². The molecule has 3 aromatic rings. The first-order valence-electron chi connectivity index (χ1n) is 14.7. The molecule has 0 N–H and O–H groups in total. The second-order valence-corrected chi connectivity index (χ2v) is 12.1. The molecule has 2 saturated heterocycles. The average Bonchev–Trinajstić information content (AvgIpc) is 3.39. The van der Waals surface area contributed by atoms with Crippen LogP contribution < -0.4 is 9.64 Å². The molecule has 6 rings (SSSR count). The number of nitrogens with zero attached hydrogens (tertiary/aromatic N) is 5. The van der Waals surface area contributed by atoms with Crippen molar-refractivity contribution in [3.8, 4) is 22.6 Å². The van der Waals surface area contributed by atoms with Crippen LogP contribution in [0, 0.1) is 6.92 Å². The lowest BCUT2D eigenvalue weighted by atomic mass is 9.98. The van der Waals surface area contributed by atoms with Gasteiger partial charge in [0.2, 0.25) is 0 Å². The third-order valence-corrected chi connectivity index (χ3v) is 8.01. The van der Waals surface area contributed by atoms with Gasteiger partial charge in [0.05, 0.1) is 24.6 Å². The smallest absolute Gasteiger partial charge is 0.410 e. The number of aromatic nitrogens is 2. The number of amides is 1. The van der Waals surface area contributed by atoms with Crippen LogP contribution in [0.5, 0.6) is 5.75 Å². The molecule has 0 spiro atoms. The van der Waals surface area contributed by atoms with Crippen LogP contribution in [0.3, 0.4) is 0 Å². The van der Waals surface area contributed by atoms with Gasteiger partial charge < -0.3 is 24.0 Å². The van der Waals surface area contributed by atoms with Crippen molar-refractivity contribution in [3.05, 3.63) is 59.7 Å². The highest BCUT2D eigenvalue weighted by atomic mass is 16.6. The minimum absolute atomic E-state index is 0.231. The van der Waals surface area contributed by atoms with E-state index >= 15 is 0 Å². The lowest BCUT2D eigenvalue weighted by Crippen LogP contribution is -2.50. The topological polar surface area (TPSA) is 72.3 Å². The number of carbonyl (C=O) groups excluding carboxylic acids is 1. The highest BCUT2D eigenvalue weighted by Gasteiger charge is 2.26. The molecular weight excluding hydrogens is 518 g/mol. The van der Waals surface area contributed by atoms with Crippen LogP contribution in [-0.4, -0.2) is 90.1 Å². The fourth-order valence-corrected chi connectivity index (χ4v) is 5.78. The zero-order valence-corrected chi connectivity index (χ0v) is 24.7. The van der Waals surface area contributed by atoms with Crippen molar-refractivity contribution in [3.63, 3.8) is 0 Å². The Hall–Kier alpha value is -3.56. The Bertz CT molecular complexity index is 1400. The van der Waals surface area contributed by atoms with E-state index in [9.17, 15) is 4.79 Å². The van der Waals surface area contributed by atoms with Crippen LogP contribution in [0.15, 0.2) is 42.6 Å². The minimum Gasteiger partial charge on any atom is -0.483 e. The number of carbonyl (C=O) groups is 1. The maximum Gasteiger partial charge on any atom is 0.410 e. The van der Waals surface area contributed by atoms with Crippen LogP contribution in [0.25, 0.3) is 16.8 Å². The summed E-state index contributed by atoms with van der Waals surface area (Å²) in [4.78, 5) is 23.9. The van der Waals surface area contributed by atoms with Gasteiger partial charge in [0.15, 0.2) is 5.82 Å². The molecule has 3 aliphatic heterocycles. The molecule has 41 heavy (non-hydrogen) atoms. The Morgan fingerprint density at radius 2 is 1.78 bits per heavy atom. The number of imidazole rings is 1. The summed E-state index contributed by atoms with van der Waals surface area (Å²) in [7, 11) is 0. The fourth-order valence-electron chi connectivity index (χ4n) is 5.78. The van der Waals surface area contributed by atoms with Gasteiger partial charge in [-0.1, -0.05) is 12.1 Å². The molecule has 0 atom stereocenters. The van der Waals surface area contributed by atoms with Crippen molar-refractivity contribution in [2.75, 3.05) is 63.9 Å². The minimum atomic E-state index is -0.476. The van der Waals surface area contributed by atoms with E-state index in [-0.39, 0.29) is 6.09 Å². The van der Waals surface area contributed by atoms with E-state index in [1.165, 1.54) is 16.8 Å². The van der Waals surface area contributed by atoms with Gasteiger partial charge in [0.1, 0.15) is 18.0 Å². The number of hydrogen-bond acceptors (Lipinski definition) is 7. The summed E-state index contributed by atoms with van der Waals surface area (Å²) in [5, 5.41) is 0. The van der Waals surface area contributed by atoms with Crippen LogP contribution in [0.4, 0.5) is 10.5 Å². The van der Waals surface area contributed by atoms with Crippen molar-refractivity contribution < 1.29 is 19.0 Å². The van der Waals surface area contributed by atoms with Crippen molar-refractivity contribution in [2.45, 2.75) is 46.3 Å². The molecule has 0 radical (unpaired) electrons. The molecule has 218 valence electrons. The number of benzene rings is 2. The highest BCUT2D eigenvalue weighted by Crippen LogP contribution is 2.36. The Kier molecular flexibility index (Phi) is 7.66. The molecule has 0 bridgehead atoms. The molecule has 0 aliphatic carbocycles. The Labute approximate surface area is 242 Å². The van der Waals surface area contributed by atoms with Crippen LogP contribution >= 0.6 is 0 Å². The Morgan fingerprint density at radius 3 is 2.51 bits per heavy atom. The predicted octanol–water partition coefficient (Wildman–Crippen LogP) is 4.67. The first-order chi connectivity index (χ1) is 19.7. The van der Waals surface area contributed by atoms with Gasteiger partial charge in [-0.25, -0.2) is 9.78 Å². The highest BCUT2D eigenvalue weighted by molar-refractivity contribution is 5.74. The van der Waals surface area contributed by atoms with Crippen LogP contribution in [0.1, 0.15) is 37.9 Å². The van der Waals surface area contributed by atoms with Crippen LogP contribution in [0.2, 0.25) is 0 Å². The SMILES string of the molecule is Cc1cc(N2CCN(C(=O)OC(C)(C)C)CC2)ccc1-c1ccc2c(c1)OCc1nc(CCN3CCOCC3)cn1-2. The Morgan fingerprint density at radius 1 is 1.00 bits per heavy atom. The van der Waals surface area contributed by atoms with Crippen molar-refractivity contribution >= 4 is 11.8 Å². The van der Waals surface area contributed by atoms with Gasteiger partial charge in [0, 0.05) is 64.1 Å². The molecule has 0 saturated carbocycles. The lowest BCUT2D eigenvalue weighted by molar-refractivity contribution is 0.0240. The fraction of sp³-hybridized carbons (Fsp3) is 0.500. The summed E-state index contributed by atoms with van der Waals surface area (Å²) in [6, 6.07) is 13.1. The molecule has 1 aromatic heterocycles. The largest absolute Gasteiger partial charge is 0.483 e. The third kappa shape index (κ3) is 6.21. The molecule has 2 fully saturated rings. The quantitative estimate of drug-likeness (QED) is 0.450. The summed E-state index contributed by atoms with van der Waals surface area (Å²) >= 11 is 0. The summed E-state index contributed by atoms with van der Waals surface area (Å²) in [6.45, 7) is 15.8. The van der Waals surface area contributed by atoms with E-state index in [1.54, 1.807) is 4.90 Å². The second-order valence-electron chi connectivity index (χ2n) is 12.1. The molecule has 2 aromatic carbocycles. The summed E-state index contributed by atoms with van der Waals surface area (Å²) in [6.07, 6.45) is 2.86. The van der Waals surface area contributed by atoms with Crippen molar-refractivity contribution in [1.82, 2.24) is 19.4 Å². The van der Waals surface area contributed by atoms with E-state index in [0.29, 0.717) is 19.7 Å². The average molecular weight is 560 g/mol. The number of hydrogen-bond donors (Lipinski definition) is 0. The lowest BCUT2D eigenvalue weighted by Gasteiger charge is -2.37. The molecule has 1 amide bonds.